The predicted octanol–water partition coefficient (Wildman–Crippen LogP) is 0.748. The topological polar surface area (TPSA) is 197 Å². The number of aliphatic hydroxyl groups is 2. The Hall–Kier alpha value is -2.16. The molecule has 1 fully saturated rings. The highest BCUT2D eigenvalue weighted by atomic mass is 35.5. The van der Waals surface area contributed by atoms with Crippen molar-refractivity contribution in [2.24, 2.45) is 0 Å². The minimum Gasteiger partial charge on any atom is -0.387 e. The second-order valence-electron chi connectivity index (χ2n) is 8.85. The van der Waals surface area contributed by atoms with Crippen LogP contribution in [0.1, 0.15) is 29.8 Å². The number of halogens is 1. The molecule has 5 rings (SSSR count). The molecule has 13 nitrogen and oxygen atoms in total. The molecule has 0 spiro atoms. The first-order valence-electron chi connectivity index (χ1n) is 10.9. The zero-order chi connectivity index (χ0) is 25.8. The number of ether oxygens (including phenoxy) is 1. The van der Waals surface area contributed by atoms with Crippen LogP contribution < -0.4 is 5.32 Å². The normalized spacial score (nSPS) is 26.4. The van der Waals surface area contributed by atoms with Gasteiger partial charge in [0.15, 0.2) is 27.2 Å². The second kappa shape index (κ2) is 9.30. The Labute approximate surface area is 210 Å². The number of aryl methyl sites for hydroxylation is 1. The fraction of sp³-hybridized carbons (Fsp3) is 0.450. The van der Waals surface area contributed by atoms with E-state index in [1.54, 1.807) is 0 Å². The maximum Gasteiger partial charge on any atom is 0.340 e. The van der Waals surface area contributed by atoms with Gasteiger partial charge >= 0.3 is 7.60 Å². The number of benzene rings is 1. The van der Waals surface area contributed by atoms with E-state index >= 15 is 0 Å². The number of aliphatic hydroxyl groups excluding tert-OH is 2. The summed E-state index contributed by atoms with van der Waals surface area (Å²) < 4.78 is 42.2. The van der Waals surface area contributed by atoms with E-state index in [0.29, 0.717) is 11.2 Å². The van der Waals surface area contributed by atoms with E-state index in [9.17, 15) is 23.2 Å². The fourth-order valence-corrected chi connectivity index (χ4v) is 8.11. The first kappa shape index (κ1) is 25.5. The Balaban J connectivity index is 1.42. The first-order chi connectivity index (χ1) is 16.9. The Morgan fingerprint density at radius 2 is 1.94 bits per heavy atom. The van der Waals surface area contributed by atoms with Crippen molar-refractivity contribution in [1.29, 1.82) is 0 Å². The summed E-state index contributed by atoms with van der Waals surface area (Å²) in [5.74, 6) is -0.498. The van der Waals surface area contributed by atoms with Crippen molar-refractivity contribution in [3.05, 3.63) is 46.9 Å². The van der Waals surface area contributed by atoms with Crippen molar-refractivity contribution in [2.45, 2.75) is 43.4 Å². The molecule has 5 atom stereocenters. The van der Waals surface area contributed by atoms with Gasteiger partial charge in [-0.2, -0.15) is 15.1 Å². The van der Waals surface area contributed by atoms with Gasteiger partial charge in [-0.25, -0.2) is 13.1 Å². The lowest BCUT2D eigenvalue weighted by molar-refractivity contribution is -0.0364. The standard InChI is InChI=1S/C20H23ClN5O8PS/c21-20-24-17(23-13-6-5-10-3-1-2-4-11(10)13)12-7-22-26(18(12)25-20)19-16(28)15(27)14(34-19)8-36(32,33)9-35(29,30)31/h1-4,7,13-16,19,27-28H,5-6,8-9H2,(H,23,24,25)(H2,29,30,31)/t13?,14-,15-,16-,19-/m1/s1. The van der Waals surface area contributed by atoms with Crippen LogP contribution in [0.4, 0.5) is 5.82 Å². The van der Waals surface area contributed by atoms with Crippen LogP contribution in [0.25, 0.3) is 11.0 Å². The van der Waals surface area contributed by atoms with Crippen LogP contribution in [-0.4, -0.2) is 77.7 Å². The van der Waals surface area contributed by atoms with Gasteiger partial charge in [0.1, 0.15) is 24.1 Å². The van der Waals surface area contributed by atoms with Crippen molar-refractivity contribution in [2.75, 3.05) is 16.6 Å². The summed E-state index contributed by atoms with van der Waals surface area (Å²) in [6, 6.07) is 8.03. The molecular weight excluding hydrogens is 537 g/mol. The van der Waals surface area contributed by atoms with E-state index < -0.39 is 53.2 Å². The quantitative estimate of drug-likeness (QED) is 0.201. The lowest BCUT2D eigenvalue weighted by Gasteiger charge is -2.17. The SMILES string of the molecule is O=P(O)(O)CS(=O)(=O)C[C@H]1O[C@@H](n2ncc3c(NC4CCc5ccccc54)nc(Cl)nc32)[C@H](O)[C@@H]1O. The van der Waals surface area contributed by atoms with E-state index in [1.165, 1.54) is 16.4 Å². The van der Waals surface area contributed by atoms with Crippen molar-refractivity contribution in [1.82, 2.24) is 19.7 Å². The first-order valence-corrected chi connectivity index (χ1v) is 14.9. The molecule has 1 saturated heterocycles. The van der Waals surface area contributed by atoms with E-state index in [-0.39, 0.29) is 17.0 Å². The van der Waals surface area contributed by atoms with E-state index in [2.05, 4.69) is 26.4 Å². The highest BCUT2D eigenvalue weighted by molar-refractivity contribution is 7.97. The summed E-state index contributed by atoms with van der Waals surface area (Å²) in [5.41, 5.74) is 1.15. The second-order valence-corrected chi connectivity index (χ2v) is 13.4. The Bertz CT molecular complexity index is 1460. The average Bonchev–Trinajstić information content (AvgIpc) is 3.45. The van der Waals surface area contributed by atoms with Gasteiger partial charge in [0.2, 0.25) is 5.28 Å². The van der Waals surface area contributed by atoms with Crippen LogP contribution in [0.15, 0.2) is 30.5 Å². The van der Waals surface area contributed by atoms with Gasteiger partial charge in [-0.1, -0.05) is 24.3 Å². The lowest BCUT2D eigenvalue weighted by Crippen LogP contribution is -2.36. The molecule has 0 bridgehead atoms. The molecule has 16 heteroatoms. The van der Waals surface area contributed by atoms with Gasteiger partial charge in [0.25, 0.3) is 0 Å². The Morgan fingerprint density at radius 3 is 2.69 bits per heavy atom. The molecule has 0 saturated carbocycles. The van der Waals surface area contributed by atoms with E-state index in [1.807, 2.05) is 18.2 Å². The summed E-state index contributed by atoms with van der Waals surface area (Å²) in [4.78, 5) is 26.5. The van der Waals surface area contributed by atoms with E-state index in [4.69, 9.17) is 26.1 Å². The molecule has 36 heavy (non-hydrogen) atoms. The van der Waals surface area contributed by atoms with Crippen LogP contribution >= 0.6 is 19.2 Å². The maximum absolute atomic E-state index is 12.2. The van der Waals surface area contributed by atoms with E-state index in [0.717, 1.165) is 18.4 Å². The van der Waals surface area contributed by atoms with Crippen LogP contribution in [-0.2, 0) is 25.6 Å². The van der Waals surface area contributed by atoms with Crippen LogP contribution in [0.5, 0.6) is 0 Å². The van der Waals surface area contributed by atoms with Crippen molar-refractivity contribution >= 4 is 45.9 Å². The smallest absolute Gasteiger partial charge is 0.340 e. The monoisotopic (exact) mass is 559 g/mol. The average molecular weight is 560 g/mol. The molecule has 5 N–H and O–H groups in total. The third kappa shape index (κ3) is 5.00. The summed E-state index contributed by atoms with van der Waals surface area (Å²) in [6.45, 7) is 0. The van der Waals surface area contributed by atoms with Crippen molar-refractivity contribution in [3.8, 4) is 0 Å². The third-order valence-corrected chi connectivity index (χ3v) is 10.2. The number of anilines is 1. The van der Waals surface area contributed by atoms with Gasteiger partial charge in [-0.05, 0) is 35.6 Å². The zero-order valence-electron chi connectivity index (χ0n) is 18.5. The number of sulfone groups is 1. The van der Waals surface area contributed by atoms with Gasteiger partial charge in [-0.3, -0.25) is 4.57 Å². The molecular formula is C20H23ClN5O8PS. The van der Waals surface area contributed by atoms with Crippen LogP contribution in [0.2, 0.25) is 5.28 Å². The zero-order valence-corrected chi connectivity index (χ0v) is 21.0. The number of hydrogen-bond acceptors (Lipinski definition) is 10. The summed E-state index contributed by atoms with van der Waals surface area (Å²) in [6.07, 6.45) is -2.86. The molecule has 1 aromatic carbocycles. The fourth-order valence-electron chi connectivity index (χ4n) is 4.70. The minimum atomic E-state index is -4.86. The molecule has 2 aliphatic rings. The summed E-state index contributed by atoms with van der Waals surface area (Å²) in [7, 11) is -9.17. The summed E-state index contributed by atoms with van der Waals surface area (Å²) >= 11 is 6.18. The predicted molar refractivity (Wildman–Crippen MR) is 128 cm³/mol. The molecule has 1 aliphatic carbocycles. The molecule has 0 radical (unpaired) electrons. The van der Waals surface area contributed by atoms with Gasteiger partial charge < -0.3 is 30.1 Å². The molecule has 2 aromatic heterocycles. The molecule has 1 aliphatic heterocycles. The van der Waals surface area contributed by atoms with Crippen LogP contribution in [0, 0.1) is 0 Å². The molecule has 0 amide bonds. The molecule has 1 unspecified atom stereocenters. The van der Waals surface area contributed by atoms with Gasteiger partial charge in [0, 0.05) is 0 Å². The largest absolute Gasteiger partial charge is 0.387 e. The number of rotatable bonds is 7. The molecule has 3 heterocycles. The Kier molecular flexibility index (Phi) is 6.58. The van der Waals surface area contributed by atoms with Crippen molar-refractivity contribution < 1.29 is 37.7 Å². The number of hydrogen-bond donors (Lipinski definition) is 5. The van der Waals surface area contributed by atoms with Crippen molar-refractivity contribution in [3.63, 3.8) is 0 Å². The third-order valence-electron chi connectivity index (χ3n) is 6.23. The van der Waals surface area contributed by atoms with Gasteiger partial charge in [-0.15, -0.1) is 0 Å². The highest BCUT2D eigenvalue weighted by Gasteiger charge is 2.47. The number of nitrogens with zero attached hydrogens (tertiary/aromatic N) is 4. The minimum absolute atomic E-state index is 0.0162. The Morgan fingerprint density at radius 1 is 1.19 bits per heavy atom. The highest BCUT2D eigenvalue weighted by Crippen LogP contribution is 2.39. The molecule has 3 aromatic rings. The molecule has 194 valence electrons. The summed E-state index contributed by atoms with van der Waals surface area (Å²) in [5, 5.41) is 28.9. The number of fused-ring (bicyclic) bond motifs is 2. The number of nitrogens with one attached hydrogen (secondary N) is 1. The number of aromatic nitrogens is 4. The maximum atomic E-state index is 12.2. The lowest BCUT2D eigenvalue weighted by atomic mass is 10.1. The van der Waals surface area contributed by atoms with Gasteiger partial charge in [0.05, 0.1) is 23.4 Å². The van der Waals surface area contributed by atoms with Crippen LogP contribution in [0.3, 0.4) is 0 Å².